The van der Waals surface area contributed by atoms with Crippen molar-refractivity contribution >= 4 is 28.0 Å². The predicted octanol–water partition coefficient (Wildman–Crippen LogP) is 4.84. The largest absolute Gasteiger partial charge is 0.494 e. The molecule has 0 radical (unpaired) electrons. The number of rotatable bonds is 7. The lowest BCUT2D eigenvalue weighted by atomic mass is 9.98. The molecule has 0 aliphatic carbocycles. The molecule has 5 aromatic rings. The third-order valence-electron chi connectivity index (χ3n) is 5.79. The molecule has 9 heteroatoms. The average molecular weight is 467 g/mol. The zero-order chi connectivity index (χ0) is 24.4. The van der Waals surface area contributed by atoms with Gasteiger partial charge < -0.3 is 20.8 Å². The highest BCUT2D eigenvalue weighted by Crippen LogP contribution is 2.34. The molecule has 0 spiro atoms. The summed E-state index contributed by atoms with van der Waals surface area (Å²) in [5.41, 5.74) is 11.4. The highest BCUT2D eigenvalue weighted by molar-refractivity contribution is 6.22. The van der Waals surface area contributed by atoms with Crippen LogP contribution in [0.4, 0.5) is 11.4 Å². The lowest BCUT2D eigenvalue weighted by Crippen LogP contribution is -2.05. The van der Waals surface area contributed by atoms with Crippen LogP contribution < -0.4 is 5.73 Å². The fourth-order valence-corrected chi connectivity index (χ4v) is 4.04. The summed E-state index contributed by atoms with van der Waals surface area (Å²) in [5, 5.41) is 22.8. The van der Waals surface area contributed by atoms with E-state index in [1.807, 2.05) is 48.5 Å². The first kappa shape index (κ1) is 22.1. The Morgan fingerprint density at radius 3 is 2.51 bits per heavy atom. The van der Waals surface area contributed by atoms with Gasteiger partial charge >= 0.3 is 0 Å². The molecular weight excluding hydrogens is 444 g/mol. The zero-order valence-electron chi connectivity index (χ0n) is 18.6. The number of hydrogen-bond donors (Lipinski definition) is 4. The Balaban J connectivity index is 1.67. The minimum atomic E-state index is -0.458. The molecular formula is C26H22N6O3. The second kappa shape index (κ2) is 9.24. The van der Waals surface area contributed by atoms with Crippen molar-refractivity contribution in [2.24, 2.45) is 10.7 Å². The molecule has 0 unspecified atom stereocenters. The van der Waals surface area contributed by atoms with E-state index in [4.69, 9.17) is 10.7 Å². The Morgan fingerprint density at radius 1 is 1.09 bits per heavy atom. The van der Waals surface area contributed by atoms with E-state index < -0.39 is 4.92 Å². The lowest BCUT2D eigenvalue weighted by molar-refractivity contribution is -0.384. The van der Waals surface area contributed by atoms with E-state index in [0.29, 0.717) is 34.4 Å². The molecule has 0 aliphatic heterocycles. The second-order valence-corrected chi connectivity index (χ2v) is 8.04. The van der Waals surface area contributed by atoms with E-state index >= 15 is 0 Å². The summed E-state index contributed by atoms with van der Waals surface area (Å²) in [6.07, 6.45) is 4.10. The lowest BCUT2D eigenvalue weighted by Gasteiger charge is -2.09. The van der Waals surface area contributed by atoms with E-state index in [1.165, 1.54) is 12.1 Å². The van der Waals surface area contributed by atoms with Gasteiger partial charge in [0.05, 0.1) is 40.1 Å². The van der Waals surface area contributed by atoms with Crippen LogP contribution in [0.2, 0.25) is 0 Å². The van der Waals surface area contributed by atoms with Crippen LogP contribution in [-0.4, -0.2) is 37.2 Å². The number of nitro groups is 1. The summed E-state index contributed by atoms with van der Waals surface area (Å²) in [7, 11) is 0. The number of fused-ring (bicyclic) bond motifs is 1. The molecule has 0 aliphatic rings. The van der Waals surface area contributed by atoms with Crippen molar-refractivity contribution in [1.29, 1.82) is 0 Å². The minimum absolute atomic E-state index is 0.0701. The van der Waals surface area contributed by atoms with E-state index in [-0.39, 0.29) is 11.6 Å². The van der Waals surface area contributed by atoms with Crippen molar-refractivity contribution in [3.05, 3.63) is 106 Å². The first-order valence-electron chi connectivity index (χ1n) is 11.0. The van der Waals surface area contributed by atoms with Gasteiger partial charge in [-0.3, -0.25) is 10.1 Å². The van der Waals surface area contributed by atoms with Gasteiger partial charge in [-0.1, -0.05) is 36.4 Å². The third-order valence-corrected chi connectivity index (χ3v) is 5.79. The Kier molecular flexibility index (Phi) is 5.82. The van der Waals surface area contributed by atoms with E-state index in [2.05, 4.69) is 15.0 Å². The number of aromatic amines is 2. The van der Waals surface area contributed by atoms with Gasteiger partial charge in [0.2, 0.25) is 0 Å². The SMILES string of the molecule is NCCc1ccc(C(=Nc2ccc(-c3cnc[nH]3)cc2)c2c(O)[nH]c3ccc([N+](=O)[O-])cc23)cc1. The Labute approximate surface area is 200 Å². The number of hydrogen-bond acceptors (Lipinski definition) is 6. The van der Waals surface area contributed by atoms with Crippen molar-refractivity contribution in [2.75, 3.05) is 6.54 Å². The maximum absolute atomic E-state index is 11.4. The van der Waals surface area contributed by atoms with Crippen LogP contribution in [0.5, 0.6) is 5.88 Å². The van der Waals surface area contributed by atoms with Gasteiger partial charge in [0, 0.05) is 28.6 Å². The number of non-ortho nitro benzene ring substituents is 1. The fourth-order valence-electron chi connectivity index (χ4n) is 4.04. The van der Waals surface area contributed by atoms with Crippen molar-refractivity contribution in [3.8, 4) is 17.1 Å². The molecule has 2 aromatic heterocycles. The summed E-state index contributed by atoms with van der Waals surface area (Å²) in [6.45, 7) is 0.538. The Hall–Kier alpha value is -4.76. The summed E-state index contributed by atoms with van der Waals surface area (Å²) >= 11 is 0. The quantitative estimate of drug-likeness (QED) is 0.154. The van der Waals surface area contributed by atoms with Crippen LogP contribution in [0.15, 0.2) is 84.2 Å². The predicted molar refractivity (Wildman–Crippen MR) is 135 cm³/mol. The van der Waals surface area contributed by atoms with E-state index in [0.717, 1.165) is 28.8 Å². The van der Waals surface area contributed by atoms with E-state index in [9.17, 15) is 15.2 Å². The van der Waals surface area contributed by atoms with Gasteiger partial charge in [-0.25, -0.2) is 9.98 Å². The molecule has 9 nitrogen and oxygen atoms in total. The van der Waals surface area contributed by atoms with Crippen molar-refractivity contribution in [3.63, 3.8) is 0 Å². The molecule has 5 N–H and O–H groups in total. The summed E-state index contributed by atoms with van der Waals surface area (Å²) < 4.78 is 0. The molecule has 5 rings (SSSR count). The highest BCUT2D eigenvalue weighted by Gasteiger charge is 2.21. The van der Waals surface area contributed by atoms with Crippen molar-refractivity contribution < 1.29 is 10.0 Å². The molecule has 3 aromatic carbocycles. The molecule has 0 saturated carbocycles. The summed E-state index contributed by atoms with van der Waals surface area (Å²) in [4.78, 5) is 25.9. The average Bonchev–Trinajstić information content (AvgIpc) is 3.51. The number of nitrogens with two attached hydrogens (primary N) is 1. The fraction of sp³-hybridized carbons (Fsp3) is 0.0769. The molecule has 0 atom stereocenters. The van der Waals surface area contributed by atoms with Crippen LogP contribution >= 0.6 is 0 Å². The maximum atomic E-state index is 11.4. The molecule has 174 valence electrons. The molecule has 0 fully saturated rings. The van der Waals surface area contributed by atoms with Crippen LogP contribution in [-0.2, 0) is 6.42 Å². The van der Waals surface area contributed by atoms with Gasteiger partial charge in [-0.2, -0.15) is 0 Å². The number of benzene rings is 3. The second-order valence-electron chi connectivity index (χ2n) is 8.04. The molecule has 35 heavy (non-hydrogen) atoms. The topological polar surface area (TPSA) is 146 Å². The molecule has 0 bridgehead atoms. The first-order chi connectivity index (χ1) is 17.0. The molecule has 2 heterocycles. The smallest absolute Gasteiger partial charge is 0.270 e. The summed E-state index contributed by atoms with van der Waals surface area (Å²) in [5.74, 6) is -0.112. The maximum Gasteiger partial charge on any atom is 0.270 e. The third kappa shape index (κ3) is 4.40. The number of aliphatic imine (C=N–C) groups is 1. The molecule has 0 amide bonds. The normalized spacial score (nSPS) is 11.7. The van der Waals surface area contributed by atoms with Crippen molar-refractivity contribution in [1.82, 2.24) is 15.0 Å². The Bertz CT molecular complexity index is 1520. The number of nitro benzene ring substituents is 1. The summed E-state index contributed by atoms with van der Waals surface area (Å²) in [6, 6.07) is 19.8. The van der Waals surface area contributed by atoms with Crippen LogP contribution in [0.3, 0.4) is 0 Å². The van der Waals surface area contributed by atoms with Crippen LogP contribution in [0.25, 0.3) is 22.2 Å². The number of nitrogens with zero attached hydrogens (tertiary/aromatic N) is 3. The van der Waals surface area contributed by atoms with E-state index in [1.54, 1.807) is 18.6 Å². The molecule has 0 saturated heterocycles. The van der Waals surface area contributed by atoms with Gasteiger partial charge in [0.1, 0.15) is 0 Å². The number of imidazole rings is 1. The van der Waals surface area contributed by atoms with Gasteiger partial charge in [0.15, 0.2) is 5.88 Å². The minimum Gasteiger partial charge on any atom is -0.494 e. The number of aromatic hydroxyl groups is 1. The number of aromatic nitrogens is 3. The standard InChI is InChI=1S/C26H22N6O3/c27-12-11-16-1-3-18(4-2-16)25(30-19-7-5-17(6-8-19)23-14-28-15-29-23)24-21-13-20(32(34)35)9-10-22(21)31-26(24)33/h1-10,13-15,31,33H,11-12,27H2,(H,28,29). The number of nitrogens with one attached hydrogen (secondary N) is 2. The first-order valence-corrected chi connectivity index (χ1v) is 11.0. The van der Waals surface area contributed by atoms with Crippen molar-refractivity contribution in [2.45, 2.75) is 6.42 Å². The zero-order valence-corrected chi connectivity index (χ0v) is 18.6. The van der Waals surface area contributed by atoms with Gasteiger partial charge in [-0.15, -0.1) is 0 Å². The van der Waals surface area contributed by atoms with Gasteiger partial charge in [0.25, 0.3) is 5.69 Å². The highest BCUT2D eigenvalue weighted by atomic mass is 16.6. The number of H-pyrrole nitrogens is 2. The van der Waals surface area contributed by atoms with Gasteiger partial charge in [-0.05, 0) is 42.3 Å². The monoisotopic (exact) mass is 466 g/mol. The van der Waals surface area contributed by atoms with Crippen LogP contribution in [0, 0.1) is 10.1 Å². The van der Waals surface area contributed by atoms with Crippen LogP contribution in [0.1, 0.15) is 16.7 Å². The Morgan fingerprint density at radius 2 is 1.86 bits per heavy atom.